The van der Waals surface area contributed by atoms with E-state index in [-0.39, 0.29) is 5.91 Å². The molecule has 1 amide bonds. The zero-order valence-electron chi connectivity index (χ0n) is 7.56. The molecule has 1 atom stereocenters. The van der Waals surface area contributed by atoms with Gasteiger partial charge >= 0.3 is 5.97 Å². The number of carbonyl (C=O) groups is 2. The van der Waals surface area contributed by atoms with Crippen LogP contribution < -0.4 is 0 Å². The number of rotatable bonds is 2. The van der Waals surface area contributed by atoms with E-state index in [2.05, 4.69) is 0 Å². The summed E-state index contributed by atoms with van der Waals surface area (Å²) in [6, 6.07) is -0.622. The van der Waals surface area contributed by atoms with Gasteiger partial charge in [0.2, 0.25) is 5.91 Å². The second kappa shape index (κ2) is 4.07. The first-order chi connectivity index (χ1) is 6.16. The van der Waals surface area contributed by atoms with E-state index in [1.54, 1.807) is 13.0 Å². The molecular formula is C9H13NO3. The number of likely N-dealkylation sites (tertiary alicyclic amines) is 1. The summed E-state index contributed by atoms with van der Waals surface area (Å²) in [7, 11) is 0. The maximum atomic E-state index is 11.3. The summed E-state index contributed by atoms with van der Waals surface area (Å²) >= 11 is 0. The van der Waals surface area contributed by atoms with Crippen molar-refractivity contribution in [1.29, 1.82) is 0 Å². The first-order valence-corrected chi connectivity index (χ1v) is 4.33. The highest BCUT2D eigenvalue weighted by molar-refractivity contribution is 5.91. The SMILES string of the molecule is CC=CC(=O)N1CCC[C@H]1C(=O)O. The van der Waals surface area contributed by atoms with E-state index in [0.29, 0.717) is 13.0 Å². The molecule has 0 unspecified atom stereocenters. The highest BCUT2D eigenvalue weighted by Crippen LogP contribution is 2.17. The average molecular weight is 183 g/mol. The molecule has 0 aliphatic carbocycles. The number of nitrogens with zero attached hydrogens (tertiary/aromatic N) is 1. The first kappa shape index (κ1) is 9.77. The lowest BCUT2D eigenvalue weighted by Crippen LogP contribution is -2.39. The van der Waals surface area contributed by atoms with Crippen LogP contribution in [0.3, 0.4) is 0 Å². The Bertz CT molecular complexity index is 247. The zero-order valence-corrected chi connectivity index (χ0v) is 7.56. The lowest BCUT2D eigenvalue weighted by molar-refractivity contribution is -0.146. The Morgan fingerprint density at radius 3 is 2.77 bits per heavy atom. The fourth-order valence-electron chi connectivity index (χ4n) is 1.53. The lowest BCUT2D eigenvalue weighted by atomic mass is 10.2. The van der Waals surface area contributed by atoms with Gasteiger partial charge in [-0.2, -0.15) is 0 Å². The van der Waals surface area contributed by atoms with Crippen LogP contribution in [0.25, 0.3) is 0 Å². The Morgan fingerprint density at radius 2 is 2.23 bits per heavy atom. The van der Waals surface area contributed by atoms with E-state index in [1.165, 1.54) is 11.0 Å². The number of carboxylic acid groups (broad SMARTS) is 1. The van der Waals surface area contributed by atoms with Gasteiger partial charge in [0.15, 0.2) is 0 Å². The van der Waals surface area contributed by atoms with Gasteiger partial charge in [0.25, 0.3) is 0 Å². The predicted octanol–water partition coefficient (Wildman–Crippen LogP) is 0.638. The maximum Gasteiger partial charge on any atom is 0.326 e. The topological polar surface area (TPSA) is 57.6 Å². The van der Waals surface area contributed by atoms with Crippen molar-refractivity contribution in [2.24, 2.45) is 0 Å². The Hall–Kier alpha value is -1.32. The van der Waals surface area contributed by atoms with Gasteiger partial charge < -0.3 is 10.0 Å². The molecule has 1 heterocycles. The maximum absolute atomic E-state index is 11.3. The monoisotopic (exact) mass is 183 g/mol. The summed E-state index contributed by atoms with van der Waals surface area (Å²) < 4.78 is 0. The van der Waals surface area contributed by atoms with Crippen molar-refractivity contribution >= 4 is 11.9 Å². The highest BCUT2D eigenvalue weighted by atomic mass is 16.4. The molecule has 0 radical (unpaired) electrons. The molecule has 1 aliphatic heterocycles. The molecular weight excluding hydrogens is 170 g/mol. The molecule has 0 saturated carbocycles. The van der Waals surface area contributed by atoms with Crippen LogP contribution in [0.1, 0.15) is 19.8 Å². The summed E-state index contributed by atoms with van der Waals surface area (Å²) in [5, 5.41) is 8.78. The molecule has 1 aliphatic rings. The number of hydrogen-bond donors (Lipinski definition) is 1. The number of carboxylic acids is 1. The molecule has 0 spiro atoms. The first-order valence-electron chi connectivity index (χ1n) is 4.33. The van der Waals surface area contributed by atoms with Gasteiger partial charge in [-0.05, 0) is 25.8 Å². The summed E-state index contributed by atoms with van der Waals surface area (Å²) in [4.78, 5) is 23.4. The van der Waals surface area contributed by atoms with Crippen molar-refractivity contribution in [2.45, 2.75) is 25.8 Å². The minimum atomic E-state index is -0.907. The van der Waals surface area contributed by atoms with Crippen LogP contribution in [-0.4, -0.2) is 34.5 Å². The van der Waals surface area contributed by atoms with Gasteiger partial charge in [-0.3, -0.25) is 4.79 Å². The molecule has 0 bridgehead atoms. The predicted molar refractivity (Wildman–Crippen MR) is 47.2 cm³/mol. The fourth-order valence-corrected chi connectivity index (χ4v) is 1.53. The average Bonchev–Trinajstić information content (AvgIpc) is 2.52. The number of amides is 1. The van der Waals surface area contributed by atoms with Crippen LogP contribution >= 0.6 is 0 Å². The molecule has 72 valence electrons. The zero-order chi connectivity index (χ0) is 9.84. The van der Waals surface area contributed by atoms with Crippen LogP contribution in [0, 0.1) is 0 Å². The number of carbonyl (C=O) groups excluding carboxylic acids is 1. The van der Waals surface area contributed by atoms with Gasteiger partial charge in [0.05, 0.1) is 0 Å². The number of hydrogen-bond acceptors (Lipinski definition) is 2. The second-order valence-corrected chi connectivity index (χ2v) is 3.03. The molecule has 0 aromatic rings. The van der Waals surface area contributed by atoms with E-state index in [1.807, 2.05) is 0 Å². The normalized spacial score (nSPS) is 22.5. The van der Waals surface area contributed by atoms with Crippen molar-refractivity contribution in [3.63, 3.8) is 0 Å². The van der Waals surface area contributed by atoms with Crippen LogP contribution in [0.15, 0.2) is 12.2 Å². The van der Waals surface area contributed by atoms with Gasteiger partial charge in [-0.15, -0.1) is 0 Å². The molecule has 1 rings (SSSR count). The summed E-state index contributed by atoms with van der Waals surface area (Å²) in [6.07, 6.45) is 4.37. The minimum Gasteiger partial charge on any atom is -0.480 e. The number of allylic oxidation sites excluding steroid dienone is 1. The van der Waals surface area contributed by atoms with E-state index >= 15 is 0 Å². The van der Waals surface area contributed by atoms with E-state index < -0.39 is 12.0 Å². The largest absolute Gasteiger partial charge is 0.480 e. The third kappa shape index (κ3) is 2.08. The van der Waals surface area contributed by atoms with E-state index in [9.17, 15) is 9.59 Å². The summed E-state index contributed by atoms with van der Waals surface area (Å²) in [5.41, 5.74) is 0. The van der Waals surface area contributed by atoms with Crippen molar-refractivity contribution < 1.29 is 14.7 Å². The summed E-state index contributed by atoms with van der Waals surface area (Å²) in [5.74, 6) is -1.11. The van der Waals surface area contributed by atoms with Crippen LogP contribution in [0.5, 0.6) is 0 Å². The Morgan fingerprint density at radius 1 is 1.54 bits per heavy atom. The van der Waals surface area contributed by atoms with E-state index in [0.717, 1.165) is 6.42 Å². The number of aliphatic carboxylic acids is 1. The lowest BCUT2D eigenvalue weighted by Gasteiger charge is -2.19. The quantitative estimate of drug-likeness (QED) is 0.639. The highest BCUT2D eigenvalue weighted by Gasteiger charge is 2.32. The van der Waals surface area contributed by atoms with E-state index in [4.69, 9.17) is 5.11 Å². The van der Waals surface area contributed by atoms with Crippen LogP contribution in [-0.2, 0) is 9.59 Å². The molecule has 1 saturated heterocycles. The Labute approximate surface area is 76.8 Å². The molecule has 13 heavy (non-hydrogen) atoms. The van der Waals surface area contributed by atoms with Gasteiger partial charge in [0, 0.05) is 6.54 Å². The minimum absolute atomic E-state index is 0.201. The molecule has 4 heteroatoms. The van der Waals surface area contributed by atoms with Gasteiger partial charge in [0.1, 0.15) is 6.04 Å². The van der Waals surface area contributed by atoms with Gasteiger partial charge in [-0.25, -0.2) is 4.79 Å². The Balaban J connectivity index is 2.68. The van der Waals surface area contributed by atoms with Crippen molar-refractivity contribution in [3.05, 3.63) is 12.2 Å². The molecule has 1 N–H and O–H groups in total. The molecule has 0 aromatic carbocycles. The third-order valence-corrected chi connectivity index (χ3v) is 2.13. The third-order valence-electron chi connectivity index (χ3n) is 2.13. The molecule has 0 aromatic heterocycles. The molecule has 1 fully saturated rings. The molecule has 4 nitrogen and oxygen atoms in total. The van der Waals surface area contributed by atoms with Crippen molar-refractivity contribution in [3.8, 4) is 0 Å². The Kier molecular flexibility index (Phi) is 3.06. The van der Waals surface area contributed by atoms with Gasteiger partial charge in [-0.1, -0.05) is 6.08 Å². The van der Waals surface area contributed by atoms with Crippen LogP contribution in [0.4, 0.5) is 0 Å². The van der Waals surface area contributed by atoms with Crippen molar-refractivity contribution in [1.82, 2.24) is 4.90 Å². The summed E-state index contributed by atoms with van der Waals surface area (Å²) in [6.45, 7) is 2.30. The second-order valence-electron chi connectivity index (χ2n) is 3.03. The smallest absolute Gasteiger partial charge is 0.326 e. The standard InChI is InChI=1S/C9H13NO3/c1-2-4-8(11)10-6-3-5-7(10)9(12)13/h2,4,7H,3,5-6H2,1H3,(H,12,13)/t7-/m0/s1. The van der Waals surface area contributed by atoms with Crippen LogP contribution in [0.2, 0.25) is 0 Å². The van der Waals surface area contributed by atoms with Crippen molar-refractivity contribution in [2.75, 3.05) is 6.54 Å². The fraction of sp³-hybridized carbons (Fsp3) is 0.556.